The summed E-state index contributed by atoms with van der Waals surface area (Å²) in [6.07, 6.45) is -4.47. The zero-order chi connectivity index (χ0) is 50.6. The molecule has 0 aromatic heterocycles. The standard InChI is InChI=1S/C42H67N9O15/c1-8-20(4)32(39(62)46-27(42(65)66)14-16-31(56)57)49-38(61)28(17-19(2)3)47-35(58)21(5)45-37(60)29(18-24-9-11-25(54)12-10-24)48-40(63)33(22(6)52)51-41(64)34(23(7)53)50-36(59)26(43)13-15-30(44)55/h9-12,19-23,26-29,32-34,52-54H,8,13-18,43H2,1-7H3,(H2,44,55)(H,45,60)(H,46,62)(H,47,58)(H,48,63)(H,49,61)(H,50,59)(H,51,64)(H,56,57)(H,65,66)/t20-,21-,22+,23+,26-,27-,28-,29-,32-,33-,34-/m0/s1. The molecule has 24 heteroatoms. The number of phenols is 1. The van der Waals surface area contributed by atoms with Crippen molar-refractivity contribution in [1.82, 2.24) is 37.2 Å². The van der Waals surface area contributed by atoms with Crippen molar-refractivity contribution < 1.29 is 73.5 Å². The Morgan fingerprint density at radius 2 is 1.05 bits per heavy atom. The van der Waals surface area contributed by atoms with Crippen molar-refractivity contribution in [2.24, 2.45) is 23.3 Å². The summed E-state index contributed by atoms with van der Waals surface area (Å²) in [5.41, 5.74) is 11.3. The van der Waals surface area contributed by atoms with E-state index in [0.717, 1.165) is 13.8 Å². The van der Waals surface area contributed by atoms with E-state index in [1.165, 1.54) is 31.2 Å². The summed E-state index contributed by atoms with van der Waals surface area (Å²) in [5, 5.41) is 66.1. The molecule has 0 spiro atoms. The summed E-state index contributed by atoms with van der Waals surface area (Å²) in [5.74, 6) is -11.1. The molecule has 370 valence electrons. The largest absolute Gasteiger partial charge is 0.508 e. The molecule has 0 unspecified atom stereocenters. The summed E-state index contributed by atoms with van der Waals surface area (Å²) in [6, 6.07) is -6.39. The highest BCUT2D eigenvalue weighted by Gasteiger charge is 2.37. The molecule has 0 radical (unpaired) electrons. The lowest BCUT2D eigenvalue weighted by Gasteiger charge is -2.29. The van der Waals surface area contributed by atoms with Crippen LogP contribution in [0.1, 0.15) is 92.6 Å². The molecule has 0 saturated carbocycles. The van der Waals surface area contributed by atoms with Crippen molar-refractivity contribution in [3.05, 3.63) is 29.8 Å². The molecule has 8 amide bonds. The number of primary amides is 1. The van der Waals surface area contributed by atoms with E-state index >= 15 is 0 Å². The van der Waals surface area contributed by atoms with Crippen LogP contribution in [-0.4, -0.2) is 145 Å². The Hall–Kier alpha value is -6.40. The minimum absolute atomic E-state index is 0.0388. The van der Waals surface area contributed by atoms with Crippen molar-refractivity contribution in [2.45, 2.75) is 154 Å². The molecule has 0 bridgehead atoms. The molecule has 11 atom stereocenters. The van der Waals surface area contributed by atoms with Crippen LogP contribution in [0, 0.1) is 11.8 Å². The van der Waals surface area contributed by atoms with Crippen molar-refractivity contribution in [3.63, 3.8) is 0 Å². The number of carboxylic acids is 2. The zero-order valence-electron chi connectivity index (χ0n) is 38.2. The molecule has 66 heavy (non-hydrogen) atoms. The van der Waals surface area contributed by atoms with Gasteiger partial charge in [0, 0.05) is 19.3 Å². The Morgan fingerprint density at radius 1 is 0.576 bits per heavy atom. The van der Waals surface area contributed by atoms with Gasteiger partial charge in [-0.2, -0.15) is 0 Å². The predicted octanol–water partition coefficient (Wildman–Crippen LogP) is -3.26. The third-order valence-electron chi connectivity index (χ3n) is 10.3. The average Bonchev–Trinajstić information content (AvgIpc) is 3.22. The molecule has 1 rings (SSSR count). The van der Waals surface area contributed by atoms with Crippen LogP contribution in [0.5, 0.6) is 5.75 Å². The summed E-state index contributed by atoms with van der Waals surface area (Å²) < 4.78 is 0. The number of carboxylic acid groups (broad SMARTS) is 2. The first-order valence-corrected chi connectivity index (χ1v) is 21.4. The van der Waals surface area contributed by atoms with Crippen LogP contribution in [0.25, 0.3) is 0 Å². The van der Waals surface area contributed by atoms with Crippen LogP contribution in [0.3, 0.4) is 0 Å². The van der Waals surface area contributed by atoms with Gasteiger partial charge < -0.3 is 74.2 Å². The highest BCUT2D eigenvalue weighted by molar-refractivity contribution is 5.98. The topological polar surface area (TPSA) is 408 Å². The van der Waals surface area contributed by atoms with Crippen molar-refractivity contribution in [1.29, 1.82) is 0 Å². The third-order valence-corrected chi connectivity index (χ3v) is 10.3. The number of aliphatic hydroxyl groups excluding tert-OH is 2. The van der Waals surface area contributed by atoms with Gasteiger partial charge in [0.15, 0.2) is 0 Å². The van der Waals surface area contributed by atoms with Crippen LogP contribution in [0.2, 0.25) is 0 Å². The fourth-order valence-corrected chi connectivity index (χ4v) is 6.20. The SMILES string of the molecule is CC[C@H](C)[C@H](NC(=O)[C@H](CC(C)C)NC(=O)[C@H](C)NC(=O)[C@H](Cc1ccc(O)cc1)NC(=O)[C@@H](NC(=O)[C@@H](NC(=O)[C@@H](N)CCC(N)=O)[C@@H](C)O)[C@@H](C)O)C(=O)N[C@@H](CCC(=O)O)C(=O)O. The van der Waals surface area contributed by atoms with E-state index in [1.807, 2.05) is 0 Å². The van der Waals surface area contributed by atoms with E-state index in [9.17, 15) is 68.4 Å². The Labute approximate surface area is 382 Å². The number of aliphatic carboxylic acids is 2. The monoisotopic (exact) mass is 937 g/mol. The van der Waals surface area contributed by atoms with Crippen molar-refractivity contribution in [2.75, 3.05) is 0 Å². The predicted molar refractivity (Wildman–Crippen MR) is 234 cm³/mol. The van der Waals surface area contributed by atoms with Gasteiger partial charge in [-0.25, -0.2) is 4.79 Å². The molecular weight excluding hydrogens is 871 g/mol. The number of nitrogens with two attached hydrogens (primary N) is 2. The molecule has 0 heterocycles. The van der Waals surface area contributed by atoms with Gasteiger partial charge in [-0.05, 0) is 69.6 Å². The molecule has 0 fully saturated rings. The quantitative estimate of drug-likeness (QED) is 0.0375. The number of carbonyl (C=O) groups excluding carboxylic acids is 8. The minimum atomic E-state index is -1.80. The molecule has 1 aromatic rings. The summed E-state index contributed by atoms with van der Waals surface area (Å²) in [4.78, 5) is 128. The first kappa shape index (κ1) is 57.6. The minimum Gasteiger partial charge on any atom is -0.508 e. The molecule has 24 nitrogen and oxygen atoms in total. The van der Waals surface area contributed by atoms with Gasteiger partial charge in [-0.1, -0.05) is 46.2 Å². The molecule has 0 aliphatic heterocycles. The van der Waals surface area contributed by atoms with E-state index in [2.05, 4.69) is 37.2 Å². The van der Waals surface area contributed by atoms with Gasteiger partial charge in [-0.15, -0.1) is 0 Å². The second kappa shape index (κ2) is 27.8. The van der Waals surface area contributed by atoms with E-state index in [1.54, 1.807) is 27.7 Å². The second-order valence-electron chi connectivity index (χ2n) is 16.6. The molecule has 0 aliphatic rings. The number of hydrogen-bond donors (Lipinski definition) is 14. The van der Waals surface area contributed by atoms with E-state index in [4.69, 9.17) is 16.6 Å². The lowest BCUT2D eigenvalue weighted by molar-refractivity contribution is -0.144. The van der Waals surface area contributed by atoms with Crippen LogP contribution < -0.4 is 48.7 Å². The maximum absolute atomic E-state index is 13.9. The molecule has 0 saturated heterocycles. The number of carbonyl (C=O) groups is 10. The van der Waals surface area contributed by atoms with Gasteiger partial charge in [0.25, 0.3) is 0 Å². The Kier molecular flexibility index (Phi) is 24.3. The summed E-state index contributed by atoms with van der Waals surface area (Å²) in [6.45, 7) is 10.4. The first-order valence-electron chi connectivity index (χ1n) is 21.4. The van der Waals surface area contributed by atoms with Gasteiger partial charge >= 0.3 is 11.9 Å². The Morgan fingerprint density at radius 3 is 1.53 bits per heavy atom. The highest BCUT2D eigenvalue weighted by atomic mass is 16.4. The second-order valence-corrected chi connectivity index (χ2v) is 16.6. The fourth-order valence-electron chi connectivity index (χ4n) is 6.20. The maximum Gasteiger partial charge on any atom is 0.326 e. The maximum atomic E-state index is 13.9. The van der Waals surface area contributed by atoms with Crippen molar-refractivity contribution in [3.8, 4) is 5.75 Å². The fraction of sp³-hybridized carbons (Fsp3) is 0.619. The van der Waals surface area contributed by atoms with E-state index in [0.29, 0.717) is 12.0 Å². The van der Waals surface area contributed by atoms with Crippen molar-refractivity contribution >= 4 is 59.2 Å². The highest BCUT2D eigenvalue weighted by Crippen LogP contribution is 2.14. The smallest absolute Gasteiger partial charge is 0.326 e. The third kappa shape index (κ3) is 20.2. The molecular formula is C42H67N9O15. The molecule has 16 N–H and O–H groups in total. The van der Waals surface area contributed by atoms with Gasteiger partial charge in [-0.3, -0.25) is 43.2 Å². The summed E-state index contributed by atoms with van der Waals surface area (Å²) >= 11 is 0. The number of rotatable bonds is 29. The Bertz CT molecular complexity index is 1860. The lowest BCUT2D eigenvalue weighted by atomic mass is 9.96. The van der Waals surface area contributed by atoms with Crippen LogP contribution in [0.15, 0.2) is 24.3 Å². The normalized spacial score (nSPS) is 16.2. The number of benzene rings is 1. The molecule has 1 aromatic carbocycles. The number of nitrogens with one attached hydrogen (secondary N) is 7. The summed E-state index contributed by atoms with van der Waals surface area (Å²) in [7, 11) is 0. The first-order chi connectivity index (χ1) is 30.7. The number of aromatic hydroxyl groups is 1. The van der Waals surface area contributed by atoms with Gasteiger partial charge in [0.2, 0.25) is 47.3 Å². The van der Waals surface area contributed by atoms with E-state index < -0.39 is 138 Å². The lowest BCUT2D eigenvalue weighted by Crippen LogP contribution is -2.63. The number of phenolic OH excluding ortho intramolecular Hbond substituents is 1. The average molecular weight is 938 g/mol. The number of amides is 8. The van der Waals surface area contributed by atoms with Gasteiger partial charge in [0.1, 0.15) is 48.0 Å². The number of aliphatic hydroxyl groups is 2. The van der Waals surface area contributed by atoms with Crippen LogP contribution >= 0.6 is 0 Å². The zero-order valence-corrected chi connectivity index (χ0v) is 38.2. The van der Waals surface area contributed by atoms with E-state index in [-0.39, 0.29) is 37.4 Å². The molecule has 0 aliphatic carbocycles. The number of hydrogen-bond acceptors (Lipinski definition) is 14. The van der Waals surface area contributed by atoms with Crippen LogP contribution in [0.4, 0.5) is 0 Å². The van der Waals surface area contributed by atoms with Crippen LogP contribution in [-0.2, 0) is 54.4 Å². The Balaban J connectivity index is 3.34. The van der Waals surface area contributed by atoms with Gasteiger partial charge in [0.05, 0.1) is 18.2 Å².